The summed E-state index contributed by atoms with van der Waals surface area (Å²) in [5, 5.41) is 12.9. The molecular weight excluding hydrogens is 472 g/mol. The molecule has 1 amide bonds. The molecule has 5 nitrogen and oxygen atoms in total. The van der Waals surface area contributed by atoms with Crippen LogP contribution in [-0.4, -0.2) is 26.4 Å². The van der Waals surface area contributed by atoms with Gasteiger partial charge in [0.1, 0.15) is 0 Å². The fraction of sp³-hybridized carbons (Fsp3) is 0.286. The summed E-state index contributed by atoms with van der Waals surface area (Å²) in [7, 11) is 0. The number of aromatic nitrogens is 3. The third-order valence-electron chi connectivity index (χ3n) is 4.39. The predicted molar refractivity (Wildman–Crippen MR) is 124 cm³/mol. The fourth-order valence-corrected chi connectivity index (χ4v) is 4.37. The third-order valence-corrected chi connectivity index (χ3v) is 6.18. The summed E-state index contributed by atoms with van der Waals surface area (Å²) in [5.74, 6) is 1.17. The van der Waals surface area contributed by atoms with Gasteiger partial charge in [0.15, 0.2) is 11.0 Å². The number of nitrogens with one attached hydrogen (secondary N) is 1. The van der Waals surface area contributed by atoms with Crippen LogP contribution in [0.5, 0.6) is 0 Å². The summed E-state index contributed by atoms with van der Waals surface area (Å²) < 4.78 is 2.97. The van der Waals surface area contributed by atoms with E-state index in [1.54, 1.807) is 0 Å². The molecule has 8 heteroatoms. The first kappa shape index (κ1) is 21.9. The third kappa shape index (κ3) is 5.21. The number of rotatable bonds is 7. The van der Waals surface area contributed by atoms with E-state index in [4.69, 9.17) is 11.6 Å². The van der Waals surface area contributed by atoms with Gasteiger partial charge in [0.05, 0.1) is 10.8 Å². The van der Waals surface area contributed by atoms with E-state index in [-0.39, 0.29) is 11.7 Å². The van der Waals surface area contributed by atoms with E-state index in [1.165, 1.54) is 11.8 Å². The van der Waals surface area contributed by atoms with Gasteiger partial charge in [0.2, 0.25) is 5.91 Å². The summed E-state index contributed by atoms with van der Waals surface area (Å²) in [6.07, 6.45) is 0. The second-order valence-corrected chi connectivity index (χ2v) is 9.02. The Balaban J connectivity index is 1.73. The number of carbonyl (C=O) groups excluding carboxylic acids is 1. The minimum absolute atomic E-state index is 0.0795. The molecule has 29 heavy (non-hydrogen) atoms. The van der Waals surface area contributed by atoms with Crippen molar-refractivity contribution in [3.63, 3.8) is 0 Å². The van der Waals surface area contributed by atoms with Crippen LogP contribution in [0.15, 0.2) is 52.1 Å². The lowest BCUT2D eigenvalue weighted by molar-refractivity contribution is -0.113. The molecule has 3 rings (SSSR count). The van der Waals surface area contributed by atoms with Gasteiger partial charge in [-0.1, -0.05) is 65.3 Å². The number of anilines is 1. The van der Waals surface area contributed by atoms with Crippen molar-refractivity contribution >= 4 is 50.9 Å². The average Bonchev–Trinajstić information content (AvgIpc) is 3.10. The van der Waals surface area contributed by atoms with E-state index in [0.29, 0.717) is 28.5 Å². The number of halogens is 2. The van der Waals surface area contributed by atoms with Crippen LogP contribution in [0.3, 0.4) is 0 Å². The van der Waals surface area contributed by atoms with Gasteiger partial charge in [0, 0.05) is 22.3 Å². The monoisotopic (exact) mass is 492 g/mol. The van der Waals surface area contributed by atoms with Gasteiger partial charge in [-0.25, -0.2) is 0 Å². The largest absolute Gasteiger partial charge is 0.325 e. The van der Waals surface area contributed by atoms with Crippen molar-refractivity contribution in [2.75, 3.05) is 11.1 Å². The summed E-state index contributed by atoms with van der Waals surface area (Å²) in [6, 6.07) is 13.4. The smallest absolute Gasteiger partial charge is 0.234 e. The molecule has 152 valence electrons. The van der Waals surface area contributed by atoms with Crippen LogP contribution in [0.2, 0.25) is 5.02 Å². The number of carbonyl (C=O) groups is 1. The van der Waals surface area contributed by atoms with Crippen molar-refractivity contribution in [3.05, 3.63) is 57.5 Å². The van der Waals surface area contributed by atoms with Gasteiger partial charge in [-0.05, 0) is 48.7 Å². The highest BCUT2D eigenvalue weighted by Gasteiger charge is 2.17. The Morgan fingerprint density at radius 1 is 1.24 bits per heavy atom. The summed E-state index contributed by atoms with van der Waals surface area (Å²) in [5.41, 5.74) is 2.76. The molecule has 0 aliphatic carbocycles. The first-order valence-electron chi connectivity index (χ1n) is 9.30. The molecule has 1 heterocycles. The highest BCUT2D eigenvalue weighted by atomic mass is 79.9. The topological polar surface area (TPSA) is 59.8 Å². The number of benzene rings is 2. The van der Waals surface area contributed by atoms with Gasteiger partial charge in [0.25, 0.3) is 0 Å². The summed E-state index contributed by atoms with van der Waals surface area (Å²) in [6.45, 7) is 6.91. The first-order valence-corrected chi connectivity index (χ1v) is 11.5. The number of hydrogen-bond donors (Lipinski definition) is 1. The van der Waals surface area contributed by atoms with Crippen LogP contribution in [-0.2, 0) is 11.3 Å². The van der Waals surface area contributed by atoms with Gasteiger partial charge in [-0.3, -0.25) is 4.79 Å². The second kappa shape index (κ2) is 9.78. The fourth-order valence-electron chi connectivity index (χ4n) is 2.96. The van der Waals surface area contributed by atoms with Gasteiger partial charge >= 0.3 is 0 Å². The Hall–Kier alpha value is -1.83. The molecule has 2 aromatic carbocycles. The highest BCUT2D eigenvalue weighted by Crippen LogP contribution is 2.30. The lowest BCUT2D eigenvalue weighted by Gasteiger charge is -2.14. The molecular formula is C21H22BrClN4OS. The Morgan fingerprint density at radius 3 is 2.69 bits per heavy atom. The number of thioether (sulfide) groups is 1. The van der Waals surface area contributed by atoms with Crippen molar-refractivity contribution < 1.29 is 4.79 Å². The average molecular weight is 494 g/mol. The van der Waals surface area contributed by atoms with Crippen LogP contribution in [0, 0.1) is 0 Å². The predicted octanol–water partition coefficient (Wildman–Crippen LogP) is 6.24. The van der Waals surface area contributed by atoms with E-state index in [1.807, 2.05) is 54.0 Å². The van der Waals surface area contributed by atoms with E-state index in [0.717, 1.165) is 21.3 Å². The zero-order chi connectivity index (χ0) is 21.0. The SMILES string of the molecule is CCn1c(SCC(=O)Nc2ccc(Br)cc2C(C)C)nnc1-c1ccccc1Cl. The molecule has 1 N–H and O–H groups in total. The molecule has 3 aromatic rings. The molecule has 0 saturated carbocycles. The van der Waals surface area contributed by atoms with Gasteiger partial charge < -0.3 is 9.88 Å². The lowest BCUT2D eigenvalue weighted by atomic mass is 10.0. The standard InChI is InChI=1S/C21H22BrClN4OS/c1-4-27-20(15-7-5-6-8-17(15)23)25-26-21(27)29-12-19(28)24-18-10-9-14(22)11-16(18)13(2)3/h5-11,13H,4,12H2,1-3H3,(H,24,28). The maximum absolute atomic E-state index is 12.6. The van der Waals surface area contributed by atoms with E-state index >= 15 is 0 Å². The molecule has 0 fully saturated rings. The molecule has 0 spiro atoms. The van der Waals surface area contributed by atoms with Crippen LogP contribution in [0.1, 0.15) is 32.3 Å². The molecule has 0 radical (unpaired) electrons. The van der Waals surface area contributed by atoms with Crippen molar-refractivity contribution in [3.8, 4) is 11.4 Å². The van der Waals surface area contributed by atoms with E-state index < -0.39 is 0 Å². The molecule has 0 aliphatic rings. The van der Waals surface area contributed by atoms with Crippen LogP contribution in [0.4, 0.5) is 5.69 Å². The Kier molecular flexibility index (Phi) is 7.38. The van der Waals surface area contributed by atoms with Gasteiger partial charge in [-0.2, -0.15) is 0 Å². The normalized spacial score (nSPS) is 11.1. The lowest BCUT2D eigenvalue weighted by Crippen LogP contribution is -2.16. The number of amides is 1. The maximum atomic E-state index is 12.6. The summed E-state index contributed by atoms with van der Waals surface area (Å²) in [4.78, 5) is 12.6. The Bertz CT molecular complexity index is 1020. The minimum Gasteiger partial charge on any atom is -0.325 e. The molecule has 1 aromatic heterocycles. The van der Waals surface area contributed by atoms with Crippen LogP contribution >= 0.6 is 39.3 Å². The zero-order valence-corrected chi connectivity index (χ0v) is 19.6. The molecule has 0 saturated heterocycles. The Labute approximate surface area is 188 Å². The van der Waals surface area contributed by atoms with Crippen molar-refractivity contribution in [1.29, 1.82) is 0 Å². The summed E-state index contributed by atoms with van der Waals surface area (Å²) >= 11 is 11.2. The second-order valence-electron chi connectivity index (χ2n) is 6.75. The number of nitrogens with zero attached hydrogens (tertiary/aromatic N) is 3. The van der Waals surface area contributed by atoms with Crippen molar-refractivity contribution in [2.45, 2.75) is 38.4 Å². The number of hydrogen-bond acceptors (Lipinski definition) is 4. The van der Waals surface area contributed by atoms with Crippen LogP contribution < -0.4 is 5.32 Å². The van der Waals surface area contributed by atoms with Gasteiger partial charge in [-0.15, -0.1) is 10.2 Å². The molecule has 0 bridgehead atoms. The van der Waals surface area contributed by atoms with Crippen LogP contribution in [0.25, 0.3) is 11.4 Å². The zero-order valence-electron chi connectivity index (χ0n) is 16.4. The Morgan fingerprint density at radius 2 is 2.00 bits per heavy atom. The quantitative estimate of drug-likeness (QED) is 0.396. The molecule has 0 aliphatic heterocycles. The maximum Gasteiger partial charge on any atom is 0.234 e. The van der Waals surface area contributed by atoms with E-state index in [2.05, 4.69) is 45.3 Å². The van der Waals surface area contributed by atoms with Crippen molar-refractivity contribution in [2.24, 2.45) is 0 Å². The van der Waals surface area contributed by atoms with Crippen molar-refractivity contribution in [1.82, 2.24) is 14.8 Å². The first-order chi connectivity index (χ1) is 13.9. The molecule has 0 unspecified atom stereocenters. The molecule has 0 atom stereocenters. The minimum atomic E-state index is -0.0795. The van der Waals surface area contributed by atoms with E-state index in [9.17, 15) is 4.79 Å². The highest BCUT2D eigenvalue weighted by molar-refractivity contribution is 9.10.